The summed E-state index contributed by atoms with van der Waals surface area (Å²) in [5.41, 5.74) is 7.68. The van der Waals surface area contributed by atoms with Crippen LogP contribution in [-0.4, -0.2) is 16.8 Å². The average Bonchev–Trinajstić information content (AvgIpc) is 2.67. The maximum Gasteiger partial charge on any atom is 0.390 e. The quantitative estimate of drug-likeness (QED) is 0.906. The lowest BCUT2D eigenvalue weighted by Crippen LogP contribution is -2.17. The van der Waals surface area contributed by atoms with Crippen LogP contribution in [0.4, 0.5) is 13.2 Å². The van der Waals surface area contributed by atoms with Crippen LogP contribution >= 0.6 is 0 Å². The smallest absolute Gasteiger partial charge is 0.347 e. The first-order valence-corrected chi connectivity index (χ1v) is 6.25. The maximum absolute atomic E-state index is 12.2. The highest BCUT2D eigenvalue weighted by atomic mass is 19.4. The summed E-state index contributed by atoms with van der Waals surface area (Å²) in [6.07, 6.45) is -2.46. The standard InChI is InChI=1S/C14H17F3N2/c1-10(18)8-11-2-3-13-12(9-11)4-6-19(13)7-5-14(15,16)17/h2-4,6,9-10H,5,7-8,18H2,1H3. The molecule has 1 aromatic heterocycles. The number of alkyl halides is 3. The Morgan fingerprint density at radius 2 is 2.00 bits per heavy atom. The molecule has 0 radical (unpaired) electrons. The van der Waals surface area contributed by atoms with Crippen LogP contribution in [-0.2, 0) is 13.0 Å². The second kappa shape index (κ2) is 5.25. The minimum atomic E-state index is -4.12. The van der Waals surface area contributed by atoms with Crippen molar-refractivity contribution < 1.29 is 13.2 Å². The molecule has 2 N–H and O–H groups in total. The number of halogens is 3. The van der Waals surface area contributed by atoms with E-state index >= 15 is 0 Å². The Kier molecular flexibility index (Phi) is 3.85. The van der Waals surface area contributed by atoms with Crippen molar-refractivity contribution in [3.05, 3.63) is 36.0 Å². The minimum absolute atomic E-state index is 0.0420. The molecule has 2 aromatic rings. The Bertz CT molecular complexity index is 555. The molecule has 0 aliphatic carbocycles. The first-order valence-electron chi connectivity index (χ1n) is 6.25. The van der Waals surface area contributed by atoms with Crippen LogP contribution < -0.4 is 5.73 Å². The fourth-order valence-electron chi connectivity index (χ4n) is 2.19. The number of nitrogens with two attached hydrogens (primary N) is 1. The van der Waals surface area contributed by atoms with Gasteiger partial charge in [-0.1, -0.05) is 6.07 Å². The van der Waals surface area contributed by atoms with Crippen molar-refractivity contribution in [1.29, 1.82) is 0 Å². The number of nitrogens with zero attached hydrogens (tertiary/aromatic N) is 1. The van der Waals surface area contributed by atoms with Gasteiger partial charge in [-0.25, -0.2) is 0 Å². The number of fused-ring (bicyclic) bond motifs is 1. The van der Waals surface area contributed by atoms with Gasteiger partial charge in [0.1, 0.15) is 0 Å². The fraction of sp³-hybridized carbons (Fsp3) is 0.429. The molecule has 2 rings (SSSR count). The van der Waals surface area contributed by atoms with Crippen LogP contribution in [0.15, 0.2) is 30.5 Å². The highest BCUT2D eigenvalue weighted by molar-refractivity contribution is 5.80. The summed E-state index contributed by atoms with van der Waals surface area (Å²) in [6, 6.07) is 7.70. The lowest BCUT2D eigenvalue weighted by Gasteiger charge is -2.09. The average molecular weight is 270 g/mol. The molecule has 2 nitrogen and oxygen atoms in total. The molecule has 104 valence electrons. The molecule has 0 aliphatic heterocycles. The van der Waals surface area contributed by atoms with Crippen molar-refractivity contribution in [3.8, 4) is 0 Å². The molecule has 5 heteroatoms. The monoisotopic (exact) mass is 270 g/mol. The molecule has 0 fully saturated rings. The molecule has 1 atom stereocenters. The van der Waals surface area contributed by atoms with Crippen molar-refractivity contribution in [2.75, 3.05) is 0 Å². The van der Waals surface area contributed by atoms with Crippen molar-refractivity contribution >= 4 is 10.9 Å². The van der Waals surface area contributed by atoms with Crippen LogP contribution in [0.25, 0.3) is 10.9 Å². The van der Waals surface area contributed by atoms with E-state index in [1.165, 1.54) is 0 Å². The van der Waals surface area contributed by atoms with Gasteiger partial charge < -0.3 is 10.3 Å². The van der Waals surface area contributed by atoms with Crippen LogP contribution in [0, 0.1) is 0 Å². The molecule has 0 aliphatic rings. The molecule has 0 bridgehead atoms. The number of aromatic nitrogens is 1. The van der Waals surface area contributed by atoms with Gasteiger partial charge in [0, 0.05) is 24.3 Å². The third-order valence-corrected chi connectivity index (χ3v) is 3.03. The Balaban J connectivity index is 2.19. The van der Waals surface area contributed by atoms with Crippen LogP contribution in [0.3, 0.4) is 0 Å². The van der Waals surface area contributed by atoms with Crippen molar-refractivity contribution in [3.63, 3.8) is 0 Å². The van der Waals surface area contributed by atoms with Gasteiger partial charge in [-0.2, -0.15) is 13.2 Å². The van der Waals surface area contributed by atoms with Crippen molar-refractivity contribution in [1.82, 2.24) is 4.57 Å². The van der Waals surface area contributed by atoms with Gasteiger partial charge in [0.05, 0.1) is 6.42 Å². The molecule has 1 unspecified atom stereocenters. The predicted molar refractivity (Wildman–Crippen MR) is 70.0 cm³/mol. The third-order valence-electron chi connectivity index (χ3n) is 3.03. The molecule has 0 saturated heterocycles. The number of hydrogen-bond donors (Lipinski definition) is 1. The van der Waals surface area contributed by atoms with Crippen molar-refractivity contribution in [2.45, 2.75) is 38.5 Å². The van der Waals surface area contributed by atoms with Gasteiger partial charge in [0.25, 0.3) is 0 Å². The van der Waals surface area contributed by atoms with E-state index < -0.39 is 12.6 Å². The second-order valence-electron chi connectivity index (χ2n) is 4.95. The summed E-state index contributed by atoms with van der Waals surface area (Å²) in [7, 11) is 0. The van der Waals surface area contributed by atoms with Gasteiger partial charge in [-0.15, -0.1) is 0 Å². The lowest BCUT2D eigenvalue weighted by atomic mass is 10.1. The zero-order chi connectivity index (χ0) is 14.0. The number of rotatable bonds is 4. The summed E-state index contributed by atoms with van der Waals surface area (Å²) in [5, 5.41) is 0.959. The normalized spacial score (nSPS) is 13.9. The summed E-state index contributed by atoms with van der Waals surface area (Å²) in [5.74, 6) is 0. The topological polar surface area (TPSA) is 30.9 Å². The van der Waals surface area contributed by atoms with Gasteiger partial charge in [0.15, 0.2) is 0 Å². The molecular weight excluding hydrogens is 253 g/mol. The summed E-state index contributed by atoms with van der Waals surface area (Å²) in [4.78, 5) is 0. The molecule has 1 aromatic carbocycles. The van der Waals surface area contributed by atoms with Gasteiger partial charge in [0.2, 0.25) is 0 Å². The molecule has 19 heavy (non-hydrogen) atoms. The van der Waals surface area contributed by atoms with Crippen LogP contribution in [0.5, 0.6) is 0 Å². The van der Waals surface area contributed by atoms with E-state index in [-0.39, 0.29) is 12.6 Å². The van der Waals surface area contributed by atoms with Gasteiger partial charge >= 0.3 is 6.18 Å². The highest BCUT2D eigenvalue weighted by Gasteiger charge is 2.26. The van der Waals surface area contributed by atoms with E-state index in [0.717, 1.165) is 22.9 Å². The summed E-state index contributed by atoms with van der Waals surface area (Å²) >= 11 is 0. The Hall–Kier alpha value is -1.49. The number of benzene rings is 1. The third kappa shape index (κ3) is 3.73. The predicted octanol–water partition coefficient (Wildman–Crippen LogP) is 3.48. The van der Waals surface area contributed by atoms with E-state index in [1.54, 1.807) is 10.8 Å². The van der Waals surface area contributed by atoms with E-state index in [0.29, 0.717) is 0 Å². The molecule has 0 amide bonds. The number of aryl methyl sites for hydroxylation is 1. The van der Waals surface area contributed by atoms with Gasteiger partial charge in [-0.3, -0.25) is 0 Å². The first-order chi connectivity index (χ1) is 8.85. The van der Waals surface area contributed by atoms with Gasteiger partial charge in [-0.05, 0) is 42.5 Å². The second-order valence-corrected chi connectivity index (χ2v) is 4.95. The lowest BCUT2D eigenvalue weighted by molar-refractivity contribution is -0.136. The fourth-order valence-corrected chi connectivity index (χ4v) is 2.19. The Morgan fingerprint density at radius 3 is 2.63 bits per heavy atom. The molecule has 1 heterocycles. The Morgan fingerprint density at radius 1 is 1.26 bits per heavy atom. The van der Waals surface area contributed by atoms with E-state index in [9.17, 15) is 13.2 Å². The van der Waals surface area contributed by atoms with Crippen LogP contribution in [0.2, 0.25) is 0 Å². The SMILES string of the molecule is CC(N)Cc1ccc2c(ccn2CCC(F)(F)F)c1. The van der Waals surface area contributed by atoms with E-state index in [4.69, 9.17) is 5.73 Å². The zero-order valence-electron chi connectivity index (χ0n) is 10.7. The molecular formula is C14H17F3N2. The minimum Gasteiger partial charge on any atom is -0.347 e. The number of hydrogen-bond acceptors (Lipinski definition) is 1. The van der Waals surface area contributed by atoms with E-state index in [2.05, 4.69) is 0 Å². The Labute approximate surface area is 110 Å². The van der Waals surface area contributed by atoms with Crippen LogP contribution in [0.1, 0.15) is 18.9 Å². The highest BCUT2D eigenvalue weighted by Crippen LogP contribution is 2.23. The maximum atomic E-state index is 12.2. The molecule has 0 saturated carbocycles. The molecule has 0 spiro atoms. The summed E-state index contributed by atoms with van der Waals surface area (Å²) in [6.45, 7) is 1.89. The zero-order valence-corrected chi connectivity index (χ0v) is 10.7. The van der Waals surface area contributed by atoms with E-state index in [1.807, 2.05) is 31.2 Å². The summed E-state index contributed by atoms with van der Waals surface area (Å²) < 4.78 is 38.3. The largest absolute Gasteiger partial charge is 0.390 e. The van der Waals surface area contributed by atoms with Crippen molar-refractivity contribution in [2.24, 2.45) is 5.73 Å². The first kappa shape index (κ1) is 13.9.